The van der Waals surface area contributed by atoms with Crippen LogP contribution in [-0.2, 0) is 9.53 Å². The van der Waals surface area contributed by atoms with Crippen LogP contribution in [0.2, 0.25) is 0 Å². The first-order valence-corrected chi connectivity index (χ1v) is 5.51. The standard InChI is InChI=1S/C11H13F3N2O2/c12-11(13,14)9-1-2-10(8-17,15-7-9)16-3-5-18-6-4-16/h1-2,7-8,15H,3-6H2. The van der Waals surface area contributed by atoms with Gasteiger partial charge in [0.15, 0.2) is 11.9 Å². The molecule has 1 atom stereocenters. The maximum atomic E-state index is 12.5. The van der Waals surface area contributed by atoms with Crippen molar-refractivity contribution in [3.8, 4) is 0 Å². The molecule has 0 radical (unpaired) electrons. The molecule has 0 bridgehead atoms. The number of aldehydes is 1. The average Bonchev–Trinajstić information content (AvgIpc) is 2.39. The van der Waals surface area contributed by atoms with Crippen molar-refractivity contribution in [2.24, 2.45) is 0 Å². The Bertz CT molecular complexity index is 386. The summed E-state index contributed by atoms with van der Waals surface area (Å²) in [7, 11) is 0. The molecule has 0 saturated carbocycles. The zero-order valence-electron chi connectivity index (χ0n) is 9.54. The minimum atomic E-state index is -4.41. The van der Waals surface area contributed by atoms with Gasteiger partial charge in [0.25, 0.3) is 0 Å². The second-order valence-electron chi connectivity index (χ2n) is 4.12. The summed E-state index contributed by atoms with van der Waals surface area (Å²) in [5, 5.41) is 2.54. The van der Waals surface area contributed by atoms with E-state index in [-0.39, 0.29) is 0 Å². The molecule has 2 rings (SSSR count). The van der Waals surface area contributed by atoms with E-state index >= 15 is 0 Å². The highest BCUT2D eigenvalue weighted by atomic mass is 19.4. The van der Waals surface area contributed by atoms with Crippen LogP contribution in [0, 0.1) is 0 Å². The van der Waals surface area contributed by atoms with Crippen molar-refractivity contribution in [1.82, 2.24) is 10.2 Å². The van der Waals surface area contributed by atoms with Crippen LogP contribution in [0.15, 0.2) is 23.9 Å². The maximum absolute atomic E-state index is 12.5. The third kappa shape index (κ3) is 2.41. The molecular weight excluding hydrogens is 249 g/mol. The van der Waals surface area contributed by atoms with Crippen molar-refractivity contribution < 1.29 is 22.7 Å². The number of dihydropyridines is 1. The smallest absolute Gasteiger partial charge is 0.379 e. The molecule has 1 fully saturated rings. The Hall–Kier alpha value is -1.34. The minimum absolute atomic E-state index is 0.459. The number of allylic oxidation sites excluding steroid dienone is 2. The predicted octanol–water partition coefficient (Wildman–Crippen LogP) is 0.819. The minimum Gasteiger partial charge on any atom is -0.379 e. The van der Waals surface area contributed by atoms with Gasteiger partial charge in [-0.3, -0.25) is 9.69 Å². The van der Waals surface area contributed by atoms with Gasteiger partial charge in [-0.05, 0) is 12.2 Å². The van der Waals surface area contributed by atoms with Crippen LogP contribution < -0.4 is 5.32 Å². The van der Waals surface area contributed by atoms with Crippen LogP contribution >= 0.6 is 0 Å². The summed E-state index contributed by atoms with van der Waals surface area (Å²) in [4.78, 5) is 13.0. The third-order valence-electron chi connectivity index (χ3n) is 3.02. The van der Waals surface area contributed by atoms with Gasteiger partial charge in [-0.1, -0.05) is 0 Å². The van der Waals surface area contributed by atoms with Crippen LogP contribution in [-0.4, -0.2) is 49.3 Å². The lowest BCUT2D eigenvalue weighted by atomic mass is 10.0. The molecular formula is C11H13F3N2O2. The van der Waals surface area contributed by atoms with Gasteiger partial charge in [0.1, 0.15) is 0 Å². The first-order valence-electron chi connectivity index (χ1n) is 5.51. The van der Waals surface area contributed by atoms with E-state index in [1.165, 1.54) is 6.08 Å². The van der Waals surface area contributed by atoms with E-state index < -0.39 is 17.4 Å². The summed E-state index contributed by atoms with van der Waals surface area (Å²) >= 11 is 0. The molecule has 1 saturated heterocycles. The Morgan fingerprint density at radius 1 is 1.39 bits per heavy atom. The molecule has 7 heteroatoms. The lowest BCUT2D eigenvalue weighted by Crippen LogP contribution is -2.61. The van der Waals surface area contributed by atoms with E-state index in [0.717, 1.165) is 12.3 Å². The van der Waals surface area contributed by atoms with E-state index in [0.29, 0.717) is 32.6 Å². The van der Waals surface area contributed by atoms with Crippen molar-refractivity contribution in [1.29, 1.82) is 0 Å². The van der Waals surface area contributed by atoms with Gasteiger partial charge in [0, 0.05) is 19.3 Å². The molecule has 0 aliphatic carbocycles. The highest BCUT2D eigenvalue weighted by molar-refractivity contribution is 5.69. The number of carbonyl (C=O) groups excluding carboxylic acids is 1. The number of morpholine rings is 1. The normalized spacial score (nSPS) is 29.6. The number of hydrogen-bond acceptors (Lipinski definition) is 4. The molecule has 18 heavy (non-hydrogen) atoms. The van der Waals surface area contributed by atoms with Crippen molar-refractivity contribution in [3.05, 3.63) is 23.9 Å². The molecule has 1 N–H and O–H groups in total. The number of nitrogens with one attached hydrogen (secondary N) is 1. The summed E-state index contributed by atoms with van der Waals surface area (Å²) in [6, 6.07) is 0. The number of nitrogens with zero attached hydrogens (tertiary/aromatic N) is 1. The lowest BCUT2D eigenvalue weighted by Gasteiger charge is -2.41. The summed E-state index contributed by atoms with van der Waals surface area (Å²) in [5.74, 6) is 0. The predicted molar refractivity (Wildman–Crippen MR) is 57.6 cm³/mol. The highest BCUT2D eigenvalue weighted by Crippen LogP contribution is 2.29. The fourth-order valence-corrected chi connectivity index (χ4v) is 1.96. The SMILES string of the molecule is O=CC1(N2CCOCC2)C=CC(C(F)(F)F)=CN1. The fourth-order valence-electron chi connectivity index (χ4n) is 1.96. The van der Waals surface area contributed by atoms with Crippen LogP contribution in [0.25, 0.3) is 0 Å². The van der Waals surface area contributed by atoms with Gasteiger partial charge < -0.3 is 10.1 Å². The molecule has 2 heterocycles. The lowest BCUT2D eigenvalue weighted by molar-refractivity contribution is -0.120. The molecule has 0 aromatic rings. The number of carbonyl (C=O) groups is 1. The number of alkyl halides is 3. The Labute approximate surface area is 102 Å². The summed E-state index contributed by atoms with van der Waals surface area (Å²) in [6.45, 7) is 1.90. The first-order chi connectivity index (χ1) is 8.48. The quantitative estimate of drug-likeness (QED) is 0.748. The molecule has 0 amide bonds. The van der Waals surface area contributed by atoms with Crippen LogP contribution in [0.3, 0.4) is 0 Å². The van der Waals surface area contributed by atoms with Gasteiger partial charge in [-0.25, -0.2) is 0 Å². The molecule has 0 aromatic heterocycles. The fraction of sp³-hybridized carbons (Fsp3) is 0.545. The Morgan fingerprint density at radius 3 is 2.50 bits per heavy atom. The van der Waals surface area contributed by atoms with Crippen molar-refractivity contribution in [2.45, 2.75) is 11.8 Å². The topological polar surface area (TPSA) is 41.6 Å². The molecule has 2 aliphatic rings. The molecule has 100 valence electrons. The zero-order valence-corrected chi connectivity index (χ0v) is 9.54. The first kappa shape index (κ1) is 13.1. The molecule has 4 nitrogen and oxygen atoms in total. The Balaban J connectivity index is 2.16. The van der Waals surface area contributed by atoms with E-state index in [2.05, 4.69) is 5.32 Å². The largest absolute Gasteiger partial charge is 0.417 e. The van der Waals surface area contributed by atoms with Crippen molar-refractivity contribution >= 4 is 6.29 Å². The van der Waals surface area contributed by atoms with E-state index in [1.54, 1.807) is 4.90 Å². The average molecular weight is 262 g/mol. The van der Waals surface area contributed by atoms with Gasteiger partial charge >= 0.3 is 6.18 Å². The van der Waals surface area contributed by atoms with Crippen LogP contribution in [0.5, 0.6) is 0 Å². The molecule has 1 unspecified atom stereocenters. The Kier molecular flexibility index (Phi) is 3.45. The number of rotatable bonds is 2. The van der Waals surface area contributed by atoms with Gasteiger partial charge in [0.05, 0.1) is 18.8 Å². The van der Waals surface area contributed by atoms with Gasteiger partial charge in [-0.2, -0.15) is 13.2 Å². The van der Waals surface area contributed by atoms with E-state index in [9.17, 15) is 18.0 Å². The van der Waals surface area contributed by atoms with Crippen molar-refractivity contribution in [2.75, 3.05) is 26.3 Å². The van der Waals surface area contributed by atoms with Crippen LogP contribution in [0.4, 0.5) is 13.2 Å². The highest BCUT2D eigenvalue weighted by Gasteiger charge is 2.40. The maximum Gasteiger partial charge on any atom is 0.417 e. The molecule has 2 aliphatic heterocycles. The zero-order chi connectivity index (χ0) is 13.2. The number of ether oxygens (including phenoxy) is 1. The second kappa shape index (κ2) is 4.74. The van der Waals surface area contributed by atoms with Crippen LogP contribution in [0.1, 0.15) is 0 Å². The molecule has 0 spiro atoms. The third-order valence-corrected chi connectivity index (χ3v) is 3.02. The molecule has 0 aromatic carbocycles. The van der Waals surface area contributed by atoms with Gasteiger partial charge in [-0.15, -0.1) is 0 Å². The number of halogens is 3. The second-order valence-corrected chi connectivity index (χ2v) is 4.12. The Morgan fingerprint density at radius 2 is 2.06 bits per heavy atom. The summed E-state index contributed by atoms with van der Waals surface area (Å²) in [5.41, 5.74) is -1.99. The summed E-state index contributed by atoms with van der Waals surface area (Å²) < 4.78 is 42.5. The van der Waals surface area contributed by atoms with Crippen molar-refractivity contribution in [3.63, 3.8) is 0 Å². The summed E-state index contributed by atoms with van der Waals surface area (Å²) in [6.07, 6.45) is -0.791. The van der Waals surface area contributed by atoms with E-state index in [4.69, 9.17) is 4.74 Å². The monoisotopic (exact) mass is 262 g/mol. The van der Waals surface area contributed by atoms with Gasteiger partial charge in [0.2, 0.25) is 0 Å². The number of hydrogen-bond donors (Lipinski definition) is 1. The van der Waals surface area contributed by atoms with E-state index in [1.807, 2.05) is 0 Å².